The quantitative estimate of drug-likeness (QED) is 0.129. The van der Waals surface area contributed by atoms with Gasteiger partial charge in [-0.2, -0.15) is 0 Å². The molecule has 84 heavy (non-hydrogen) atoms. The lowest BCUT2D eigenvalue weighted by Crippen LogP contribution is -2.10. The van der Waals surface area contributed by atoms with Crippen molar-refractivity contribution in [3.63, 3.8) is 0 Å². The van der Waals surface area contributed by atoms with Gasteiger partial charge in [-0.1, -0.05) is 188 Å². The predicted molar refractivity (Wildman–Crippen MR) is 351 cm³/mol. The first-order valence-corrected chi connectivity index (χ1v) is 28.6. The molecule has 0 amide bonds. The molecule has 0 N–H and O–H groups in total. The number of anilines is 6. The van der Waals surface area contributed by atoms with Gasteiger partial charge < -0.3 is 18.9 Å². The molecule has 0 bridgehead atoms. The number of benzene rings is 13. The first kappa shape index (κ1) is 48.6. The molecule has 0 unspecified atom stereocenters. The molecule has 0 aliphatic heterocycles. The first-order chi connectivity index (χ1) is 41.7. The predicted octanol–water partition coefficient (Wildman–Crippen LogP) is 20.9. The number of hydrogen-bond acceptors (Lipinski definition) is 4. The summed E-state index contributed by atoms with van der Waals surface area (Å²) in [6.45, 7) is 0. The second kappa shape index (κ2) is 20.3. The van der Waals surface area contributed by atoms with E-state index < -0.39 is 0 Å². The van der Waals surface area contributed by atoms with Crippen molar-refractivity contribution in [2.45, 2.75) is 0 Å². The molecule has 16 aromatic rings. The molecule has 6 nitrogen and oxygen atoms in total. The summed E-state index contributed by atoms with van der Waals surface area (Å²) in [5.41, 5.74) is 20.6. The summed E-state index contributed by atoms with van der Waals surface area (Å²) in [7, 11) is 0. The Hall–Kier alpha value is -11.3. The second-order valence-corrected chi connectivity index (χ2v) is 21.3. The molecule has 0 radical (unpaired) electrons. The van der Waals surface area contributed by atoms with Gasteiger partial charge in [0.05, 0.1) is 44.5 Å². The van der Waals surface area contributed by atoms with E-state index in [1.54, 1.807) is 0 Å². The van der Waals surface area contributed by atoms with E-state index >= 15 is 0 Å². The van der Waals surface area contributed by atoms with Crippen molar-refractivity contribution in [1.29, 1.82) is 0 Å². The van der Waals surface area contributed by atoms with E-state index in [0.717, 1.165) is 90.2 Å². The van der Waals surface area contributed by atoms with Gasteiger partial charge in [0, 0.05) is 83.7 Å². The van der Waals surface area contributed by atoms with Gasteiger partial charge in [-0.25, -0.2) is 9.97 Å². The van der Waals surface area contributed by atoms with Crippen LogP contribution in [0.2, 0.25) is 0 Å². The number of para-hydroxylation sites is 7. The van der Waals surface area contributed by atoms with Gasteiger partial charge >= 0.3 is 0 Å². The van der Waals surface area contributed by atoms with Crippen molar-refractivity contribution >= 4 is 99.5 Å². The average Bonchev–Trinajstić information content (AvgIpc) is 4.32. The van der Waals surface area contributed by atoms with Gasteiger partial charge in [0.2, 0.25) is 0 Å². The van der Waals surface area contributed by atoms with Crippen LogP contribution < -0.4 is 9.80 Å². The van der Waals surface area contributed by atoms with Crippen LogP contribution in [0.4, 0.5) is 34.1 Å². The van der Waals surface area contributed by atoms with E-state index in [1.165, 1.54) is 54.4 Å². The maximum Gasteiger partial charge on any atom is 0.0973 e. The summed E-state index contributed by atoms with van der Waals surface area (Å²) >= 11 is 0. The summed E-state index contributed by atoms with van der Waals surface area (Å²) in [5, 5.41) is 7.33. The normalized spacial score (nSPS) is 11.6. The van der Waals surface area contributed by atoms with E-state index in [9.17, 15) is 0 Å². The molecule has 0 aliphatic carbocycles. The topological polar surface area (TPSA) is 42.1 Å². The van der Waals surface area contributed by atoms with Crippen molar-refractivity contribution in [2.75, 3.05) is 9.80 Å². The van der Waals surface area contributed by atoms with Crippen LogP contribution in [0.5, 0.6) is 0 Å². The Kier molecular flexibility index (Phi) is 11.8. The molecule has 3 aromatic heterocycles. The van der Waals surface area contributed by atoms with Crippen LogP contribution >= 0.6 is 0 Å². The summed E-state index contributed by atoms with van der Waals surface area (Å²) in [6, 6.07) is 113. The molecule has 13 aromatic carbocycles. The molecular weight excluding hydrogens is 1020 g/mol. The minimum absolute atomic E-state index is 0.803. The van der Waals surface area contributed by atoms with Gasteiger partial charge in [0.1, 0.15) is 0 Å². The highest BCUT2D eigenvalue weighted by molar-refractivity contribution is 6.11. The third kappa shape index (κ3) is 8.27. The molecule has 16 rings (SSSR count). The lowest BCUT2D eigenvalue weighted by atomic mass is 9.96. The minimum atomic E-state index is 0.803. The van der Waals surface area contributed by atoms with Crippen LogP contribution in [0.25, 0.3) is 110 Å². The van der Waals surface area contributed by atoms with Crippen molar-refractivity contribution in [3.8, 4) is 45.0 Å². The third-order valence-electron chi connectivity index (χ3n) is 16.5. The number of hydrogen-bond donors (Lipinski definition) is 0. The Bertz CT molecular complexity index is 5000. The third-order valence-corrected chi connectivity index (χ3v) is 16.5. The Labute approximate surface area is 486 Å². The Morgan fingerprint density at radius 3 is 1.02 bits per heavy atom. The molecule has 3 heterocycles. The fourth-order valence-corrected chi connectivity index (χ4v) is 12.6. The number of nitrogens with zero attached hydrogens (tertiary/aromatic N) is 6. The van der Waals surface area contributed by atoms with Crippen molar-refractivity contribution in [1.82, 2.24) is 19.1 Å². The lowest BCUT2D eigenvalue weighted by molar-refractivity contribution is 1.17. The zero-order chi connectivity index (χ0) is 55.5. The Morgan fingerprint density at radius 2 is 0.571 bits per heavy atom. The molecular formula is C78H52N6. The van der Waals surface area contributed by atoms with Crippen LogP contribution in [0.3, 0.4) is 0 Å². The number of rotatable bonds is 11. The Morgan fingerprint density at radius 1 is 0.238 bits per heavy atom. The summed E-state index contributed by atoms with van der Waals surface area (Å²) in [5.74, 6) is 0. The highest BCUT2D eigenvalue weighted by atomic mass is 15.1. The van der Waals surface area contributed by atoms with Crippen LogP contribution in [0.15, 0.2) is 315 Å². The largest absolute Gasteiger partial charge is 0.311 e. The van der Waals surface area contributed by atoms with Gasteiger partial charge in [-0.15, -0.1) is 0 Å². The van der Waals surface area contributed by atoms with Crippen LogP contribution in [0.1, 0.15) is 0 Å². The van der Waals surface area contributed by atoms with Gasteiger partial charge in [0.25, 0.3) is 0 Å². The summed E-state index contributed by atoms with van der Waals surface area (Å²) in [4.78, 5) is 15.9. The van der Waals surface area contributed by atoms with Crippen molar-refractivity contribution in [3.05, 3.63) is 315 Å². The van der Waals surface area contributed by atoms with E-state index in [0.29, 0.717) is 0 Å². The average molecular weight is 1070 g/mol. The van der Waals surface area contributed by atoms with Crippen molar-refractivity contribution in [2.24, 2.45) is 0 Å². The smallest absolute Gasteiger partial charge is 0.0973 e. The monoisotopic (exact) mass is 1070 g/mol. The zero-order valence-corrected chi connectivity index (χ0v) is 45.7. The molecule has 0 fully saturated rings. The maximum absolute atomic E-state index is 5.70. The molecule has 0 saturated carbocycles. The zero-order valence-electron chi connectivity index (χ0n) is 45.7. The Balaban J connectivity index is 0.801. The highest BCUT2D eigenvalue weighted by Gasteiger charge is 2.22. The fourth-order valence-electron chi connectivity index (χ4n) is 12.6. The number of aromatic nitrogens is 4. The van der Waals surface area contributed by atoms with Gasteiger partial charge in [-0.05, 0) is 144 Å². The molecule has 0 saturated heterocycles. The molecule has 394 valence electrons. The second-order valence-electron chi connectivity index (χ2n) is 21.3. The van der Waals surface area contributed by atoms with Crippen LogP contribution in [-0.2, 0) is 0 Å². The molecule has 0 spiro atoms. The van der Waals surface area contributed by atoms with Gasteiger partial charge in [-0.3, -0.25) is 0 Å². The maximum atomic E-state index is 5.70. The van der Waals surface area contributed by atoms with E-state index in [1.807, 2.05) is 0 Å². The number of fused-ring (bicyclic) bond motifs is 8. The molecule has 0 aliphatic rings. The first-order valence-electron chi connectivity index (χ1n) is 28.6. The minimum Gasteiger partial charge on any atom is -0.311 e. The van der Waals surface area contributed by atoms with Crippen LogP contribution in [0, 0.1) is 0 Å². The van der Waals surface area contributed by atoms with Crippen molar-refractivity contribution < 1.29 is 0 Å². The standard InChI is InChI=1S/C78H52N6/c1-3-21-56(22-4-1)81(60-45-49-62(50-46-60)83-72-33-13-9-26-66(72)67-27-10-14-34-73(67)83)58-41-37-54(38-42-58)76-77(80-78-70(31-18-32-71(78)79-76)65-30-17-20-53-19-7-8-25-64(53)65)55-39-43-59(44-40-55)82(57-23-5-2-6-24-57)61-47-51-63(52-48-61)84-74-35-15-11-28-68(74)69-29-12-16-36-75(69)84/h1-52H. The van der Waals surface area contributed by atoms with E-state index in [4.69, 9.17) is 9.97 Å². The highest BCUT2D eigenvalue weighted by Crippen LogP contribution is 2.43. The SMILES string of the molecule is c1ccc(N(c2ccc(-c3nc4cccc(-c5cccc6ccccc56)c4nc3-c3ccc(N(c4ccccc4)c4ccc(-n5c6ccccc6c6ccccc65)cc4)cc3)cc2)c2ccc(-n3c4ccccc4c4ccccc43)cc2)cc1. The molecule has 6 heteroatoms. The summed E-state index contributed by atoms with van der Waals surface area (Å²) < 4.78 is 4.73. The van der Waals surface area contributed by atoms with Gasteiger partial charge in [0.15, 0.2) is 0 Å². The van der Waals surface area contributed by atoms with E-state index in [-0.39, 0.29) is 0 Å². The van der Waals surface area contributed by atoms with E-state index in [2.05, 4.69) is 334 Å². The molecule has 0 atom stereocenters. The van der Waals surface area contributed by atoms with Crippen LogP contribution in [-0.4, -0.2) is 19.1 Å². The fraction of sp³-hybridized carbons (Fsp3) is 0. The lowest BCUT2D eigenvalue weighted by Gasteiger charge is -2.26. The summed E-state index contributed by atoms with van der Waals surface area (Å²) in [6.07, 6.45) is 0.